The van der Waals surface area contributed by atoms with Gasteiger partial charge in [-0.15, -0.1) is 0 Å². The van der Waals surface area contributed by atoms with Crippen molar-refractivity contribution in [1.82, 2.24) is 9.88 Å². The number of anilines is 1. The Kier molecular flexibility index (Phi) is 5.73. The molecule has 2 atom stereocenters. The first-order chi connectivity index (χ1) is 12.5. The number of amides is 2. The highest BCUT2D eigenvalue weighted by atomic mass is 32.1. The number of hydrogen-bond acceptors (Lipinski definition) is 6. The Labute approximate surface area is 156 Å². The monoisotopic (exact) mass is 377 g/mol. The number of fused-ring (bicyclic) bond motifs is 1. The molecule has 0 bridgehead atoms. The van der Waals surface area contributed by atoms with E-state index in [4.69, 9.17) is 9.47 Å². The van der Waals surface area contributed by atoms with E-state index in [0.29, 0.717) is 24.9 Å². The van der Waals surface area contributed by atoms with Gasteiger partial charge in [0.05, 0.1) is 35.4 Å². The average molecular weight is 377 g/mol. The molecule has 8 heteroatoms. The van der Waals surface area contributed by atoms with Crippen LogP contribution in [0.25, 0.3) is 10.2 Å². The predicted molar refractivity (Wildman–Crippen MR) is 101 cm³/mol. The molecule has 2 amide bonds. The average Bonchev–Trinajstić information content (AvgIpc) is 3.18. The van der Waals surface area contributed by atoms with Gasteiger partial charge in [0.1, 0.15) is 5.75 Å². The number of aromatic nitrogens is 1. The van der Waals surface area contributed by atoms with Gasteiger partial charge in [0.25, 0.3) is 0 Å². The first-order valence-electron chi connectivity index (χ1n) is 8.64. The summed E-state index contributed by atoms with van der Waals surface area (Å²) in [4.78, 5) is 30.9. The Morgan fingerprint density at radius 1 is 1.50 bits per heavy atom. The molecule has 140 valence electrons. The molecule has 0 unspecified atom stereocenters. The largest absolute Gasteiger partial charge is 0.494 e. The zero-order valence-electron chi connectivity index (χ0n) is 15.2. The minimum Gasteiger partial charge on any atom is -0.494 e. The first-order valence-corrected chi connectivity index (χ1v) is 9.46. The summed E-state index contributed by atoms with van der Waals surface area (Å²) >= 11 is 1.40. The number of likely N-dealkylation sites (tertiary alicyclic amines) is 1. The number of thiazole rings is 1. The van der Waals surface area contributed by atoms with E-state index in [-0.39, 0.29) is 30.2 Å². The van der Waals surface area contributed by atoms with E-state index in [1.54, 1.807) is 12.0 Å². The first kappa shape index (κ1) is 18.6. The second kappa shape index (κ2) is 8.01. The number of carbonyl (C=O) groups is 2. The van der Waals surface area contributed by atoms with Crippen LogP contribution in [-0.2, 0) is 14.3 Å². The third-order valence-electron chi connectivity index (χ3n) is 4.37. The van der Waals surface area contributed by atoms with Gasteiger partial charge in [-0.3, -0.25) is 9.59 Å². The number of nitrogens with zero attached hydrogens (tertiary/aromatic N) is 2. The Hall–Kier alpha value is -2.19. The van der Waals surface area contributed by atoms with Crippen LogP contribution < -0.4 is 10.1 Å². The van der Waals surface area contributed by atoms with Gasteiger partial charge in [-0.1, -0.05) is 11.3 Å². The van der Waals surface area contributed by atoms with Crippen LogP contribution in [0.5, 0.6) is 5.75 Å². The summed E-state index contributed by atoms with van der Waals surface area (Å²) in [5.74, 6) is 0.230. The Balaban J connectivity index is 1.66. The molecule has 2 aromatic rings. The van der Waals surface area contributed by atoms with E-state index in [0.717, 1.165) is 16.0 Å². The Morgan fingerprint density at radius 2 is 2.31 bits per heavy atom. The van der Waals surface area contributed by atoms with Crippen LogP contribution in [0.4, 0.5) is 5.13 Å². The highest BCUT2D eigenvalue weighted by molar-refractivity contribution is 7.22. The molecular weight excluding hydrogens is 354 g/mol. The summed E-state index contributed by atoms with van der Waals surface area (Å²) in [6.45, 7) is 5.32. The molecule has 0 radical (unpaired) electrons. The van der Waals surface area contributed by atoms with Crippen molar-refractivity contribution in [2.45, 2.75) is 26.3 Å². The molecule has 1 aromatic heterocycles. The minimum atomic E-state index is -0.368. The number of methoxy groups -OCH3 is 1. The minimum absolute atomic E-state index is 0.0136. The highest BCUT2D eigenvalue weighted by Gasteiger charge is 2.36. The molecular formula is C18H23N3O4S. The lowest BCUT2D eigenvalue weighted by molar-refractivity contribution is -0.130. The van der Waals surface area contributed by atoms with Crippen LogP contribution in [0.3, 0.4) is 0 Å². The van der Waals surface area contributed by atoms with Crippen LogP contribution in [0, 0.1) is 5.92 Å². The second-order valence-electron chi connectivity index (χ2n) is 6.32. The molecule has 1 aliphatic rings. The zero-order chi connectivity index (χ0) is 18.7. The van der Waals surface area contributed by atoms with Crippen molar-refractivity contribution in [3.05, 3.63) is 18.2 Å². The lowest BCUT2D eigenvalue weighted by atomic mass is 10.1. The van der Waals surface area contributed by atoms with E-state index in [2.05, 4.69) is 10.3 Å². The van der Waals surface area contributed by atoms with Gasteiger partial charge in [0, 0.05) is 20.1 Å². The van der Waals surface area contributed by atoms with Crippen LogP contribution in [0.15, 0.2) is 18.2 Å². The number of benzene rings is 1. The molecule has 0 saturated carbocycles. The van der Waals surface area contributed by atoms with Crippen molar-refractivity contribution in [3.8, 4) is 5.75 Å². The second-order valence-corrected chi connectivity index (χ2v) is 7.35. The van der Waals surface area contributed by atoms with Crippen molar-refractivity contribution < 1.29 is 19.1 Å². The van der Waals surface area contributed by atoms with Gasteiger partial charge in [0.2, 0.25) is 11.8 Å². The van der Waals surface area contributed by atoms with E-state index >= 15 is 0 Å². The van der Waals surface area contributed by atoms with E-state index in [1.165, 1.54) is 11.3 Å². The van der Waals surface area contributed by atoms with Crippen molar-refractivity contribution in [1.29, 1.82) is 0 Å². The number of nitrogens with one attached hydrogen (secondary N) is 1. The molecule has 1 aliphatic heterocycles. The van der Waals surface area contributed by atoms with Gasteiger partial charge in [-0.05, 0) is 32.0 Å². The number of rotatable bonds is 7. The van der Waals surface area contributed by atoms with E-state index in [1.807, 2.05) is 32.0 Å². The van der Waals surface area contributed by atoms with Crippen LogP contribution in [0.2, 0.25) is 0 Å². The number of ether oxygens (including phenoxy) is 2. The molecule has 1 saturated heterocycles. The van der Waals surface area contributed by atoms with Crippen LogP contribution >= 0.6 is 11.3 Å². The molecule has 3 rings (SSSR count). The molecule has 7 nitrogen and oxygen atoms in total. The van der Waals surface area contributed by atoms with Crippen molar-refractivity contribution >= 4 is 38.5 Å². The summed E-state index contributed by atoms with van der Waals surface area (Å²) < 4.78 is 11.5. The Bertz CT molecular complexity index is 807. The van der Waals surface area contributed by atoms with Gasteiger partial charge in [-0.2, -0.15) is 0 Å². The van der Waals surface area contributed by atoms with Crippen molar-refractivity contribution in [2.24, 2.45) is 5.92 Å². The standard InChI is InChI=1S/C18H23N3O4S/c1-4-25-13-5-6-14-15(8-13)26-18(19-14)20-17(23)12-7-16(22)21(9-12)11(2)10-24-3/h5-6,8,11-12H,4,7,9-10H2,1-3H3,(H,19,20,23)/t11-,12+/m0/s1. The van der Waals surface area contributed by atoms with Gasteiger partial charge >= 0.3 is 0 Å². The fourth-order valence-electron chi connectivity index (χ4n) is 3.09. The summed E-state index contributed by atoms with van der Waals surface area (Å²) in [6, 6.07) is 5.62. The summed E-state index contributed by atoms with van der Waals surface area (Å²) in [5.41, 5.74) is 0.812. The molecule has 2 heterocycles. The number of carbonyl (C=O) groups excluding carboxylic acids is 2. The summed E-state index contributed by atoms with van der Waals surface area (Å²) in [5, 5.41) is 3.39. The molecule has 0 aliphatic carbocycles. The van der Waals surface area contributed by atoms with Crippen LogP contribution in [-0.4, -0.2) is 54.6 Å². The molecule has 0 spiro atoms. The molecule has 26 heavy (non-hydrogen) atoms. The maximum Gasteiger partial charge on any atom is 0.231 e. The third-order valence-corrected chi connectivity index (χ3v) is 5.30. The normalized spacial score (nSPS) is 18.3. The molecule has 1 N–H and O–H groups in total. The summed E-state index contributed by atoms with van der Waals surface area (Å²) in [6.07, 6.45) is 0.221. The summed E-state index contributed by atoms with van der Waals surface area (Å²) in [7, 11) is 1.60. The predicted octanol–water partition coefficient (Wildman–Crippen LogP) is 2.52. The Morgan fingerprint density at radius 3 is 3.04 bits per heavy atom. The lowest BCUT2D eigenvalue weighted by Gasteiger charge is -2.23. The third kappa shape index (κ3) is 3.96. The molecule has 1 fully saturated rings. The maximum absolute atomic E-state index is 12.6. The smallest absolute Gasteiger partial charge is 0.231 e. The van der Waals surface area contributed by atoms with Crippen molar-refractivity contribution in [3.63, 3.8) is 0 Å². The van der Waals surface area contributed by atoms with E-state index < -0.39 is 0 Å². The fourth-order valence-corrected chi connectivity index (χ4v) is 3.98. The fraction of sp³-hybridized carbons (Fsp3) is 0.500. The number of hydrogen-bond donors (Lipinski definition) is 1. The van der Waals surface area contributed by atoms with Crippen LogP contribution in [0.1, 0.15) is 20.3 Å². The van der Waals surface area contributed by atoms with E-state index in [9.17, 15) is 9.59 Å². The maximum atomic E-state index is 12.6. The SMILES string of the molecule is CCOc1ccc2nc(NC(=O)[C@@H]3CC(=O)N([C@@H](C)COC)C3)sc2c1. The zero-order valence-corrected chi connectivity index (χ0v) is 16.0. The highest BCUT2D eigenvalue weighted by Crippen LogP contribution is 2.30. The van der Waals surface area contributed by atoms with Gasteiger partial charge in [0.15, 0.2) is 5.13 Å². The van der Waals surface area contributed by atoms with Gasteiger partial charge < -0.3 is 19.7 Å². The lowest BCUT2D eigenvalue weighted by Crippen LogP contribution is -2.38. The van der Waals surface area contributed by atoms with Crippen molar-refractivity contribution in [2.75, 3.05) is 32.2 Å². The topological polar surface area (TPSA) is 80.8 Å². The van der Waals surface area contributed by atoms with Gasteiger partial charge in [-0.25, -0.2) is 4.98 Å². The quantitative estimate of drug-likeness (QED) is 0.802. The molecule has 1 aromatic carbocycles.